The summed E-state index contributed by atoms with van der Waals surface area (Å²) in [7, 11) is 1.63. The van der Waals surface area contributed by atoms with E-state index in [1.165, 1.54) is 0 Å². The molecule has 1 saturated heterocycles. The van der Waals surface area contributed by atoms with Gasteiger partial charge in [0.25, 0.3) is 5.91 Å². The molecule has 0 spiro atoms. The second-order valence-electron chi connectivity index (χ2n) is 6.87. The second-order valence-corrected chi connectivity index (χ2v) is 6.87. The van der Waals surface area contributed by atoms with Crippen molar-refractivity contribution >= 4 is 17.3 Å². The number of carbonyl (C=O) groups is 1. The van der Waals surface area contributed by atoms with Gasteiger partial charge in [0.2, 0.25) is 0 Å². The zero-order chi connectivity index (χ0) is 20.1. The number of aromatic nitrogens is 2. The third kappa shape index (κ3) is 4.57. The Bertz CT molecular complexity index is 958. The van der Waals surface area contributed by atoms with E-state index >= 15 is 0 Å². The van der Waals surface area contributed by atoms with Gasteiger partial charge in [0.1, 0.15) is 5.75 Å². The lowest BCUT2D eigenvalue weighted by atomic mass is 10.1. The number of amides is 1. The highest BCUT2D eigenvalue weighted by Gasteiger charge is 2.26. The Balaban J connectivity index is 1.49. The van der Waals surface area contributed by atoms with E-state index < -0.39 is 0 Å². The summed E-state index contributed by atoms with van der Waals surface area (Å²) in [5.41, 5.74) is 2.26. The summed E-state index contributed by atoms with van der Waals surface area (Å²) in [6.45, 7) is 2.25. The molecule has 2 heterocycles. The van der Waals surface area contributed by atoms with Gasteiger partial charge < -0.3 is 19.7 Å². The van der Waals surface area contributed by atoms with Crippen molar-refractivity contribution in [3.63, 3.8) is 0 Å². The van der Waals surface area contributed by atoms with E-state index in [2.05, 4.69) is 10.4 Å². The van der Waals surface area contributed by atoms with Crippen LogP contribution in [0.25, 0.3) is 0 Å². The van der Waals surface area contributed by atoms with Crippen molar-refractivity contribution in [3.05, 3.63) is 72.6 Å². The molecule has 7 nitrogen and oxygen atoms in total. The third-order valence-electron chi connectivity index (χ3n) is 4.88. The molecular weight excluding hydrogens is 368 g/mol. The maximum atomic E-state index is 13.3. The fraction of sp³-hybridized carbons (Fsp3) is 0.273. The van der Waals surface area contributed by atoms with Crippen LogP contribution in [-0.4, -0.2) is 53.5 Å². The maximum Gasteiger partial charge on any atom is 0.256 e. The molecule has 1 aliphatic rings. The van der Waals surface area contributed by atoms with E-state index in [1.54, 1.807) is 13.3 Å². The van der Waals surface area contributed by atoms with Crippen molar-refractivity contribution in [1.82, 2.24) is 14.7 Å². The summed E-state index contributed by atoms with van der Waals surface area (Å²) in [4.78, 5) is 15.1. The van der Waals surface area contributed by atoms with Crippen LogP contribution >= 0.6 is 0 Å². The van der Waals surface area contributed by atoms with Gasteiger partial charge in [0.15, 0.2) is 0 Å². The predicted molar refractivity (Wildman–Crippen MR) is 111 cm³/mol. The summed E-state index contributed by atoms with van der Waals surface area (Å²) in [6.07, 6.45) is 3.56. The van der Waals surface area contributed by atoms with E-state index in [0.29, 0.717) is 31.8 Å². The fourth-order valence-electron chi connectivity index (χ4n) is 3.44. The number of ether oxygens (including phenoxy) is 2. The molecule has 1 amide bonds. The molecule has 0 saturated carbocycles. The van der Waals surface area contributed by atoms with E-state index in [-0.39, 0.29) is 12.0 Å². The standard InChI is InChI=1S/C22H24N4O3/c1-28-18-7-4-6-17(14-18)24-21-9-3-2-8-20(21)22(27)25-12-13-29-19(15-25)16-26-11-5-10-23-26/h2-11,14,19,24H,12-13,15-16H2,1H3/t19-/m0/s1. The first-order valence-corrected chi connectivity index (χ1v) is 9.61. The van der Waals surface area contributed by atoms with Crippen molar-refractivity contribution in [2.24, 2.45) is 0 Å². The summed E-state index contributed by atoms with van der Waals surface area (Å²) >= 11 is 0. The topological polar surface area (TPSA) is 68.6 Å². The van der Waals surface area contributed by atoms with E-state index in [0.717, 1.165) is 17.1 Å². The molecule has 2 aromatic carbocycles. The molecule has 1 aliphatic heterocycles. The van der Waals surface area contributed by atoms with Crippen LogP contribution in [-0.2, 0) is 11.3 Å². The van der Waals surface area contributed by atoms with Crippen molar-refractivity contribution < 1.29 is 14.3 Å². The Hall–Kier alpha value is -3.32. The van der Waals surface area contributed by atoms with Crippen molar-refractivity contribution in [2.45, 2.75) is 12.6 Å². The first-order valence-electron chi connectivity index (χ1n) is 9.61. The number of methoxy groups -OCH3 is 1. The first kappa shape index (κ1) is 19.0. The summed E-state index contributed by atoms with van der Waals surface area (Å²) < 4.78 is 12.9. The predicted octanol–water partition coefficient (Wildman–Crippen LogP) is 3.18. The summed E-state index contributed by atoms with van der Waals surface area (Å²) in [6, 6.07) is 17.1. The minimum absolute atomic E-state index is 0.00948. The van der Waals surface area contributed by atoms with E-state index in [4.69, 9.17) is 9.47 Å². The van der Waals surface area contributed by atoms with Crippen LogP contribution in [0, 0.1) is 0 Å². The Morgan fingerprint density at radius 3 is 2.97 bits per heavy atom. The van der Waals surface area contributed by atoms with Crippen molar-refractivity contribution in [3.8, 4) is 5.75 Å². The summed E-state index contributed by atoms with van der Waals surface area (Å²) in [5, 5.41) is 7.57. The molecule has 0 aliphatic carbocycles. The van der Waals surface area contributed by atoms with Crippen LogP contribution in [0.4, 0.5) is 11.4 Å². The molecule has 3 aromatic rings. The maximum absolute atomic E-state index is 13.3. The van der Waals surface area contributed by atoms with Gasteiger partial charge in [-0.15, -0.1) is 0 Å². The molecule has 150 valence electrons. The lowest BCUT2D eigenvalue weighted by Gasteiger charge is -2.33. The number of hydrogen-bond acceptors (Lipinski definition) is 5. The van der Waals surface area contributed by atoms with Gasteiger partial charge in [0.05, 0.1) is 37.6 Å². The SMILES string of the molecule is COc1cccc(Nc2ccccc2C(=O)N2CCO[C@H](Cn3cccn3)C2)c1. The van der Waals surface area contributed by atoms with Gasteiger partial charge in [-0.2, -0.15) is 5.10 Å². The smallest absolute Gasteiger partial charge is 0.256 e. The highest BCUT2D eigenvalue weighted by atomic mass is 16.5. The largest absolute Gasteiger partial charge is 0.497 e. The molecule has 0 radical (unpaired) electrons. The molecule has 1 N–H and O–H groups in total. The number of hydrogen-bond donors (Lipinski definition) is 1. The number of para-hydroxylation sites is 1. The number of anilines is 2. The average molecular weight is 392 g/mol. The quantitative estimate of drug-likeness (QED) is 0.698. The van der Waals surface area contributed by atoms with Gasteiger partial charge in [-0.1, -0.05) is 18.2 Å². The van der Waals surface area contributed by atoms with Gasteiger partial charge in [0, 0.05) is 37.2 Å². The average Bonchev–Trinajstić information content (AvgIpc) is 3.27. The molecule has 4 rings (SSSR count). The number of carbonyl (C=O) groups excluding carboxylic acids is 1. The molecule has 0 unspecified atom stereocenters. The monoisotopic (exact) mass is 392 g/mol. The Morgan fingerprint density at radius 1 is 1.24 bits per heavy atom. The number of nitrogens with zero attached hydrogens (tertiary/aromatic N) is 3. The number of morpholine rings is 1. The molecule has 7 heteroatoms. The normalized spacial score (nSPS) is 16.4. The van der Waals surface area contributed by atoms with E-state index in [1.807, 2.05) is 70.4 Å². The Morgan fingerprint density at radius 2 is 2.14 bits per heavy atom. The molecule has 1 atom stereocenters. The van der Waals surface area contributed by atoms with Crippen LogP contribution in [0.3, 0.4) is 0 Å². The molecule has 0 bridgehead atoms. The second kappa shape index (κ2) is 8.79. The lowest BCUT2D eigenvalue weighted by molar-refractivity contribution is -0.0299. The van der Waals surface area contributed by atoms with Crippen LogP contribution in [0.2, 0.25) is 0 Å². The third-order valence-corrected chi connectivity index (χ3v) is 4.88. The van der Waals surface area contributed by atoms with Gasteiger partial charge in [-0.05, 0) is 30.3 Å². The zero-order valence-corrected chi connectivity index (χ0v) is 16.3. The van der Waals surface area contributed by atoms with Gasteiger partial charge >= 0.3 is 0 Å². The minimum atomic E-state index is -0.0777. The molecule has 29 heavy (non-hydrogen) atoms. The van der Waals surface area contributed by atoms with Gasteiger partial charge in [-0.25, -0.2) is 0 Å². The van der Waals surface area contributed by atoms with Crippen molar-refractivity contribution in [1.29, 1.82) is 0 Å². The van der Waals surface area contributed by atoms with Crippen LogP contribution < -0.4 is 10.1 Å². The fourth-order valence-corrected chi connectivity index (χ4v) is 3.44. The van der Waals surface area contributed by atoms with Crippen molar-refractivity contribution in [2.75, 3.05) is 32.1 Å². The number of nitrogens with one attached hydrogen (secondary N) is 1. The number of rotatable bonds is 6. The van der Waals surface area contributed by atoms with E-state index in [9.17, 15) is 4.79 Å². The van der Waals surface area contributed by atoms with Crippen LogP contribution in [0.5, 0.6) is 5.75 Å². The zero-order valence-electron chi connectivity index (χ0n) is 16.3. The Labute approximate surface area is 169 Å². The molecular formula is C22H24N4O3. The Kier molecular flexibility index (Phi) is 5.76. The summed E-state index contributed by atoms with van der Waals surface area (Å²) in [5.74, 6) is 0.748. The highest BCUT2D eigenvalue weighted by molar-refractivity contribution is 6.00. The minimum Gasteiger partial charge on any atom is -0.497 e. The first-order chi connectivity index (χ1) is 14.2. The highest BCUT2D eigenvalue weighted by Crippen LogP contribution is 2.25. The molecule has 1 aromatic heterocycles. The van der Waals surface area contributed by atoms with Crippen LogP contribution in [0.1, 0.15) is 10.4 Å². The van der Waals surface area contributed by atoms with Gasteiger partial charge in [-0.3, -0.25) is 9.48 Å². The lowest BCUT2D eigenvalue weighted by Crippen LogP contribution is -2.47. The number of benzene rings is 2. The van der Waals surface area contributed by atoms with Crippen LogP contribution in [0.15, 0.2) is 67.0 Å². The molecule has 1 fully saturated rings.